The van der Waals surface area contributed by atoms with Crippen LogP contribution in [0, 0.1) is 0 Å². The maximum atomic E-state index is 12.3. The number of amides is 1. The van der Waals surface area contributed by atoms with Crippen molar-refractivity contribution in [2.75, 3.05) is 19.7 Å². The molecular formula is C19H20ClNO3. The van der Waals surface area contributed by atoms with Gasteiger partial charge in [-0.3, -0.25) is 4.79 Å². The molecule has 2 aromatic rings. The first-order chi connectivity index (χ1) is 11.6. The van der Waals surface area contributed by atoms with Gasteiger partial charge in [0.1, 0.15) is 5.75 Å². The molecule has 126 valence electrons. The number of ether oxygens (including phenoxy) is 1. The van der Waals surface area contributed by atoms with Crippen molar-refractivity contribution in [3.05, 3.63) is 65.2 Å². The summed E-state index contributed by atoms with van der Waals surface area (Å²) in [5.41, 5.74) is -0.0543. The quantitative estimate of drug-likeness (QED) is 0.925. The molecule has 4 nitrogen and oxygen atoms in total. The van der Waals surface area contributed by atoms with Crippen LogP contribution in [0.25, 0.3) is 0 Å². The van der Waals surface area contributed by atoms with Gasteiger partial charge in [0.25, 0.3) is 5.91 Å². The van der Waals surface area contributed by atoms with E-state index in [-0.39, 0.29) is 12.5 Å². The number of aliphatic hydroxyl groups is 1. The standard InChI is InChI=1S/C19H20ClNO3/c20-16-8-6-15(7-9-16)19(23)10-12-21(13-11-19)18(22)14-24-17-4-2-1-3-5-17/h1-9,23H,10-14H2. The summed E-state index contributed by atoms with van der Waals surface area (Å²) < 4.78 is 5.50. The van der Waals surface area contributed by atoms with E-state index in [0.29, 0.717) is 36.7 Å². The number of nitrogens with zero attached hydrogens (tertiary/aromatic N) is 1. The molecule has 0 bridgehead atoms. The summed E-state index contributed by atoms with van der Waals surface area (Å²) in [6.45, 7) is 1.04. The van der Waals surface area contributed by atoms with Gasteiger partial charge in [0.15, 0.2) is 6.61 Å². The zero-order valence-corrected chi connectivity index (χ0v) is 14.1. The van der Waals surface area contributed by atoms with Crippen LogP contribution >= 0.6 is 11.6 Å². The van der Waals surface area contributed by atoms with E-state index in [2.05, 4.69) is 0 Å². The summed E-state index contributed by atoms with van der Waals surface area (Å²) in [6.07, 6.45) is 1.01. The Morgan fingerprint density at radius 1 is 1.08 bits per heavy atom. The van der Waals surface area contributed by atoms with Crippen molar-refractivity contribution in [3.63, 3.8) is 0 Å². The van der Waals surface area contributed by atoms with Gasteiger partial charge in [-0.2, -0.15) is 0 Å². The van der Waals surface area contributed by atoms with E-state index < -0.39 is 5.60 Å². The number of carbonyl (C=O) groups excluding carboxylic acids is 1. The summed E-state index contributed by atoms with van der Waals surface area (Å²) in [5.74, 6) is 0.623. The number of halogens is 1. The van der Waals surface area contributed by atoms with E-state index in [1.807, 2.05) is 42.5 Å². The normalized spacial score (nSPS) is 16.7. The first-order valence-corrected chi connectivity index (χ1v) is 8.39. The topological polar surface area (TPSA) is 49.8 Å². The van der Waals surface area contributed by atoms with Crippen LogP contribution in [-0.2, 0) is 10.4 Å². The summed E-state index contributed by atoms with van der Waals surface area (Å²) >= 11 is 5.90. The number of likely N-dealkylation sites (tertiary alicyclic amines) is 1. The van der Waals surface area contributed by atoms with E-state index in [1.54, 1.807) is 17.0 Å². The van der Waals surface area contributed by atoms with Crippen molar-refractivity contribution in [3.8, 4) is 5.75 Å². The molecule has 1 amide bonds. The Balaban J connectivity index is 1.54. The molecule has 0 spiro atoms. The lowest BCUT2D eigenvalue weighted by Gasteiger charge is -2.38. The van der Waals surface area contributed by atoms with E-state index >= 15 is 0 Å². The lowest BCUT2D eigenvalue weighted by atomic mass is 9.84. The van der Waals surface area contributed by atoms with Gasteiger partial charge in [-0.15, -0.1) is 0 Å². The van der Waals surface area contributed by atoms with Gasteiger partial charge in [0.2, 0.25) is 0 Å². The smallest absolute Gasteiger partial charge is 0.260 e. The fourth-order valence-corrected chi connectivity index (χ4v) is 3.05. The van der Waals surface area contributed by atoms with E-state index in [4.69, 9.17) is 16.3 Å². The van der Waals surface area contributed by atoms with Crippen LogP contribution in [-0.4, -0.2) is 35.6 Å². The van der Waals surface area contributed by atoms with Crippen LogP contribution in [0.15, 0.2) is 54.6 Å². The molecule has 0 aromatic heterocycles. The predicted octanol–water partition coefficient (Wildman–Crippen LogP) is 3.23. The molecule has 1 N–H and O–H groups in total. The molecule has 0 aliphatic carbocycles. The molecule has 1 fully saturated rings. The summed E-state index contributed by atoms with van der Waals surface area (Å²) in [4.78, 5) is 14.0. The molecule has 1 saturated heterocycles. The third-order valence-electron chi connectivity index (χ3n) is 4.43. The fraction of sp³-hybridized carbons (Fsp3) is 0.316. The number of benzene rings is 2. The molecular weight excluding hydrogens is 326 g/mol. The third kappa shape index (κ3) is 3.89. The molecule has 0 unspecified atom stereocenters. The zero-order chi connectivity index (χ0) is 17.0. The van der Waals surface area contributed by atoms with Gasteiger partial charge >= 0.3 is 0 Å². The first-order valence-electron chi connectivity index (χ1n) is 8.01. The molecule has 1 aliphatic heterocycles. The predicted molar refractivity (Wildman–Crippen MR) is 93.1 cm³/mol. The zero-order valence-electron chi connectivity index (χ0n) is 13.3. The van der Waals surface area contributed by atoms with Crippen molar-refractivity contribution in [2.45, 2.75) is 18.4 Å². The molecule has 3 rings (SSSR count). The van der Waals surface area contributed by atoms with Crippen molar-refractivity contribution in [1.82, 2.24) is 4.90 Å². The molecule has 2 aromatic carbocycles. The van der Waals surface area contributed by atoms with Gasteiger partial charge in [-0.1, -0.05) is 41.9 Å². The Labute approximate surface area is 146 Å². The van der Waals surface area contributed by atoms with E-state index in [0.717, 1.165) is 5.56 Å². The lowest BCUT2D eigenvalue weighted by Crippen LogP contribution is -2.46. The number of piperidine rings is 1. The van der Waals surface area contributed by atoms with Crippen LogP contribution < -0.4 is 4.74 Å². The summed E-state index contributed by atoms with van der Waals surface area (Å²) in [6, 6.07) is 16.5. The second kappa shape index (κ2) is 7.24. The van der Waals surface area contributed by atoms with Crippen LogP contribution in [0.1, 0.15) is 18.4 Å². The highest BCUT2D eigenvalue weighted by atomic mass is 35.5. The van der Waals surface area contributed by atoms with Crippen molar-refractivity contribution in [1.29, 1.82) is 0 Å². The Bertz CT molecular complexity index is 680. The van der Waals surface area contributed by atoms with Crippen LogP contribution in [0.4, 0.5) is 0 Å². The number of para-hydroxylation sites is 1. The second-order valence-corrected chi connectivity index (χ2v) is 6.46. The number of hydrogen-bond donors (Lipinski definition) is 1. The summed E-state index contributed by atoms with van der Waals surface area (Å²) in [5, 5.41) is 11.5. The summed E-state index contributed by atoms with van der Waals surface area (Å²) in [7, 11) is 0. The average Bonchev–Trinajstić information content (AvgIpc) is 2.61. The lowest BCUT2D eigenvalue weighted by molar-refractivity contribution is -0.137. The van der Waals surface area contributed by atoms with Gasteiger partial charge < -0.3 is 14.7 Å². The molecule has 1 aliphatic rings. The molecule has 0 atom stereocenters. The highest BCUT2D eigenvalue weighted by Crippen LogP contribution is 2.33. The Hall–Kier alpha value is -2.04. The molecule has 1 heterocycles. The molecule has 0 saturated carbocycles. The van der Waals surface area contributed by atoms with Crippen LogP contribution in [0.5, 0.6) is 5.75 Å². The second-order valence-electron chi connectivity index (χ2n) is 6.02. The fourth-order valence-electron chi connectivity index (χ4n) is 2.93. The van der Waals surface area contributed by atoms with Crippen molar-refractivity contribution < 1.29 is 14.6 Å². The largest absolute Gasteiger partial charge is 0.484 e. The number of rotatable bonds is 4. The maximum absolute atomic E-state index is 12.3. The van der Waals surface area contributed by atoms with Gasteiger partial charge in [0.05, 0.1) is 5.60 Å². The Kier molecular flexibility index (Phi) is 5.07. The number of hydrogen-bond acceptors (Lipinski definition) is 3. The maximum Gasteiger partial charge on any atom is 0.260 e. The van der Waals surface area contributed by atoms with Crippen LogP contribution in [0.2, 0.25) is 5.02 Å². The molecule has 24 heavy (non-hydrogen) atoms. The van der Waals surface area contributed by atoms with Gasteiger partial charge in [-0.25, -0.2) is 0 Å². The number of carbonyl (C=O) groups is 1. The molecule has 0 radical (unpaired) electrons. The van der Waals surface area contributed by atoms with Gasteiger partial charge in [-0.05, 0) is 42.7 Å². The monoisotopic (exact) mass is 345 g/mol. The minimum atomic E-state index is -0.901. The first kappa shape index (κ1) is 16.8. The van der Waals surface area contributed by atoms with E-state index in [1.165, 1.54) is 0 Å². The highest BCUT2D eigenvalue weighted by Gasteiger charge is 2.35. The highest BCUT2D eigenvalue weighted by molar-refractivity contribution is 6.30. The van der Waals surface area contributed by atoms with Gasteiger partial charge in [0, 0.05) is 18.1 Å². The average molecular weight is 346 g/mol. The Morgan fingerprint density at radius 3 is 2.33 bits per heavy atom. The van der Waals surface area contributed by atoms with Crippen molar-refractivity contribution in [2.24, 2.45) is 0 Å². The molecule has 5 heteroatoms. The SMILES string of the molecule is O=C(COc1ccccc1)N1CCC(O)(c2ccc(Cl)cc2)CC1. The van der Waals surface area contributed by atoms with Crippen molar-refractivity contribution >= 4 is 17.5 Å². The Morgan fingerprint density at radius 2 is 1.71 bits per heavy atom. The minimum Gasteiger partial charge on any atom is -0.484 e. The minimum absolute atomic E-state index is 0.0172. The third-order valence-corrected chi connectivity index (χ3v) is 4.68. The van der Waals surface area contributed by atoms with E-state index in [9.17, 15) is 9.90 Å². The van der Waals surface area contributed by atoms with Crippen LogP contribution in [0.3, 0.4) is 0 Å².